The molecule has 2 nitrogen and oxygen atoms in total. The molecule has 2 aromatic carbocycles. The summed E-state index contributed by atoms with van der Waals surface area (Å²) in [6.45, 7) is 2.10. The minimum atomic E-state index is 0.193. The molecule has 1 heterocycles. The second kappa shape index (κ2) is 5.27. The molecule has 2 atom stereocenters. The topological polar surface area (TPSA) is 21.6 Å². The molecule has 0 N–H and O–H groups in total. The molecule has 0 radical (unpaired) electrons. The van der Waals surface area contributed by atoms with Gasteiger partial charge in [0.2, 0.25) is 5.90 Å². The molecule has 0 saturated heterocycles. The number of hydrogen-bond donors (Lipinski definition) is 0. The first-order valence-electron chi connectivity index (χ1n) is 6.68. The van der Waals surface area contributed by atoms with Gasteiger partial charge < -0.3 is 4.74 Å². The third-order valence-corrected chi connectivity index (χ3v) is 3.35. The normalized spacial score (nSPS) is 22.5. The van der Waals surface area contributed by atoms with Crippen molar-refractivity contribution in [3.63, 3.8) is 0 Å². The Balaban J connectivity index is 1.95. The Morgan fingerprint density at radius 3 is 2.26 bits per heavy atom. The van der Waals surface area contributed by atoms with Crippen molar-refractivity contribution >= 4 is 5.90 Å². The summed E-state index contributed by atoms with van der Waals surface area (Å²) in [6.07, 6.45) is 1.12. The van der Waals surface area contributed by atoms with E-state index in [9.17, 15) is 0 Å². The lowest BCUT2D eigenvalue weighted by molar-refractivity contribution is 0.168. The van der Waals surface area contributed by atoms with E-state index in [2.05, 4.69) is 31.2 Å². The van der Waals surface area contributed by atoms with Gasteiger partial charge in [-0.25, -0.2) is 4.99 Å². The van der Waals surface area contributed by atoms with Crippen LogP contribution >= 0.6 is 0 Å². The van der Waals surface area contributed by atoms with E-state index in [1.807, 2.05) is 36.4 Å². The van der Waals surface area contributed by atoms with Crippen molar-refractivity contribution in [2.24, 2.45) is 4.99 Å². The van der Waals surface area contributed by atoms with Crippen LogP contribution in [0.2, 0.25) is 0 Å². The van der Waals surface area contributed by atoms with E-state index in [0.29, 0.717) is 0 Å². The van der Waals surface area contributed by atoms with Gasteiger partial charge in [0.05, 0.1) is 6.04 Å². The molecule has 0 amide bonds. The Kier molecular flexibility index (Phi) is 3.32. The Morgan fingerprint density at radius 1 is 0.947 bits per heavy atom. The fraction of sp³-hybridized carbons (Fsp3) is 0.235. The van der Waals surface area contributed by atoms with Crippen molar-refractivity contribution in [3.05, 3.63) is 71.8 Å². The predicted octanol–water partition coefficient (Wildman–Crippen LogP) is 3.98. The Hall–Kier alpha value is -2.09. The quantitative estimate of drug-likeness (QED) is 0.791. The molecule has 0 unspecified atom stereocenters. The molecule has 0 spiro atoms. The van der Waals surface area contributed by atoms with E-state index in [1.54, 1.807) is 0 Å². The number of benzene rings is 2. The molecule has 0 aromatic heterocycles. The van der Waals surface area contributed by atoms with Gasteiger partial charge >= 0.3 is 0 Å². The number of aliphatic imine (C=N–C) groups is 1. The van der Waals surface area contributed by atoms with E-state index < -0.39 is 0 Å². The van der Waals surface area contributed by atoms with Gasteiger partial charge in [-0.05, 0) is 24.6 Å². The van der Waals surface area contributed by atoms with Crippen LogP contribution < -0.4 is 0 Å². The summed E-state index contributed by atoms with van der Waals surface area (Å²) in [5.41, 5.74) is 2.31. The molecule has 0 saturated carbocycles. The summed E-state index contributed by atoms with van der Waals surface area (Å²) in [5, 5.41) is 0. The summed E-state index contributed by atoms with van der Waals surface area (Å²) < 4.78 is 5.87. The molecule has 3 rings (SSSR count). The van der Waals surface area contributed by atoms with Crippen LogP contribution in [0, 0.1) is 0 Å². The molecular formula is C17H17NO. The maximum Gasteiger partial charge on any atom is 0.216 e. The number of ether oxygens (including phenoxy) is 1. The van der Waals surface area contributed by atoms with Crippen LogP contribution in [0.4, 0.5) is 0 Å². The Labute approximate surface area is 113 Å². The highest BCUT2D eigenvalue weighted by Crippen LogP contribution is 2.29. The SMILES string of the molecule is C[C@@H]1C[C@H](c2ccccc2)N=C(c2ccccc2)O1. The van der Waals surface area contributed by atoms with E-state index in [1.165, 1.54) is 5.56 Å². The van der Waals surface area contributed by atoms with E-state index in [4.69, 9.17) is 9.73 Å². The van der Waals surface area contributed by atoms with Crippen LogP contribution in [0.1, 0.15) is 30.5 Å². The van der Waals surface area contributed by atoms with Gasteiger partial charge in [-0.15, -0.1) is 0 Å². The first kappa shape index (κ1) is 12.0. The van der Waals surface area contributed by atoms with Gasteiger partial charge in [0.1, 0.15) is 6.10 Å². The first-order valence-corrected chi connectivity index (χ1v) is 6.68. The Bertz CT molecular complexity index is 562. The highest BCUT2D eigenvalue weighted by Gasteiger charge is 2.23. The first-order chi connectivity index (χ1) is 9.33. The zero-order valence-electron chi connectivity index (χ0n) is 11.0. The van der Waals surface area contributed by atoms with Crippen molar-refractivity contribution in [3.8, 4) is 0 Å². The van der Waals surface area contributed by atoms with Crippen LogP contribution in [0.5, 0.6) is 0 Å². The number of rotatable bonds is 2. The molecule has 96 valence electrons. The second-order valence-electron chi connectivity index (χ2n) is 4.89. The van der Waals surface area contributed by atoms with Crippen LogP contribution in [0.3, 0.4) is 0 Å². The summed E-state index contributed by atoms with van der Waals surface area (Å²) in [5.74, 6) is 0.758. The smallest absolute Gasteiger partial charge is 0.216 e. The minimum Gasteiger partial charge on any atom is -0.474 e. The van der Waals surface area contributed by atoms with Gasteiger partial charge in [-0.3, -0.25) is 0 Å². The molecule has 1 aliphatic heterocycles. The van der Waals surface area contributed by atoms with E-state index in [-0.39, 0.29) is 12.1 Å². The fourth-order valence-electron chi connectivity index (χ4n) is 2.39. The highest BCUT2D eigenvalue weighted by atomic mass is 16.5. The molecule has 0 bridgehead atoms. The van der Waals surface area contributed by atoms with Crippen LogP contribution in [-0.2, 0) is 4.74 Å². The van der Waals surface area contributed by atoms with Crippen molar-refractivity contribution < 1.29 is 4.74 Å². The number of hydrogen-bond acceptors (Lipinski definition) is 2. The van der Waals surface area contributed by atoms with Crippen LogP contribution in [-0.4, -0.2) is 12.0 Å². The standard InChI is InChI=1S/C17H17NO/c1-13-12-16(14-8-4-2-5-9-14)18-17(19-13)15-10-6-3-7-11-15/h2-11,13,16H,12H2,1H3/t13-,16-/m1/s1. The molecule has 1 aliphatic rings. The predicted molar refractivity (Wildman–Crippen MR) is 77.3 cm³/mol. The molecule has 0 aliphatic carbocycles. The summed E-state index contributed by atoms with van der Waals surface area (Å²) in [6, 6.07) is 20.7. The molecular weight excluding hydrogens is 234 g/mol. The minimum absolute atomic E-state index is 0.193. The van der Waals surface area contributed by atoms with Crippen LogP contribution in [0.15, 0.2) is 65.7 Å². The number of nitrogens with zero attached hydrogens (tertiary/aromatic N) is 1. The summed E-state index contributed by atoms with van der Waals surface area (Å²) in [4.78, 5) is 4.77. The fourth-order valence-corrected chi connectivity index (χ4v) is 2.39. The van der Waals surface area contributed by atoms with Gasteiger partial charge in [0.25, 0.3) is 0 Å². The monoisotopic (exact) mass is 251 g/mol. The molecule has 2 aromatic rings. The maximum absolute atomic E-state index is 5.87. The average molecular weight is 251 g/mol. The van der Waals surface area contributed by atoms with Gasteiger partial charge in [-0.2, -0.15) is 0 Å². The lowest BCUT2D eigenvalue weighted by Crippen LogP contribution is -2.24. The third kappa shape index (κ3) is 2.68. The maximum atomic E-state index is 5.87. The summed E-state index contributed by atoms with van der Waals surface area (Å²) >= 11 is 0. The van der Waals surface area contributed by atoms with Crippen LogP contribution in [0.25, 0.3) is 0 Å². The van der Waals surface area contributed by atoms with E-state index in [0.717, 1.165) is 17.9 Å². The Morgan fingerprint density at radius 2 is 1.58 bits per heavy atom. The van der Waals surface area contributed by atoms with Crippen molar-refractivity contribution in [1.29, 1.82) is 0 Å². The average Bonchev–Trinajstić information content (AvgIpc) is 2.48. The van der Waals surface area contributed by atoms with Crippen molar-refractivity contribution in [2.75, 3.05) is 0 Å². The zero-order valence-corrected chi connectivity index (χ0v) is 11.0. The van der Waals surface area contributed by atoms with Crippen molar-refractivity contribution in [1.82, 2.24) is 0 Å². The van der Waals surface area contributed by atoms with Gasteiger partial charge in [0, 0.05) is 12.0 Å². The van der Waals surface area contributed by atoms with Gasteiger partial charge in [-0.1, -0.05) is 48.5 Å². The van der Waals surface area contributed by atoms with Gasteiger partial charge in [0.15, 0.2) is 0 Å². The third-order valence-electron chi connectivity index (χ3n) is 3.35. The summed E-state index contributed by atoms with van der Waals surface area (Å²) in [7, 11) is 0. The highest BCUT2D eigenvalue weighted by molar-refractivity contribution is 5.94. The lowest BCUT2D eigenvalue weighted by atomic mass is 10.0. The lowest BCUT2D eigenvalue weighted by Gasteiger charge is -2.27. The second-order valence-corrected chi connectivity index (χ2v) is 4.89. The molecule has 0 fully saturated rings. The van der Waals surface area contributed by atoms with Crippen molar-refractivity contribution in [2.45, 2.75) is 25.5 Å². The zero-order chi connectivity index (χ0) is 13.1. The largest absolute Gasteiger partial charge is 0.474 e. The molecule has 19 heavy (non-hydrogen) atoms. The van der Waals surface area contributed by atoms with E-state index >= 15 is 0 Å². The molecule has 2 heteroatoms.